The monoisotopic (exact) mass is 345 g/mol. The van der Waals surface area contributed by atoms with Gasteiger partial charge in [0.1, 0.15) is 18.5 Å². The minimum Gasteiger partial charge on any atom is -0.490 e. The van der Waals surface area contributed by atoms with E-state index in [2.05, 4.69) is 9.88 Å². The van der Waals surface area contributed by atoms with Gasteiger partial charge in [-0.1, -0.05) is 6.07 Å². The number of piperazine rings is 1. The summed E-state index contributed by atoms with van der Waals surface area (Å²) in [6, 6.07) is 9.50. The van der Waals surface area contributed by atoms with Gasteiger partial charge in [-0.05, 0) is 24.3 Å². The Morgan fingerprint density at radius 1 is 1.16 bits per heavy atom. The second-order valence-electron chi connectivity index (χ2n) is 6.26. The molecule has 0 unspecified atom stereocenters. The van der Waals surface area contributed by atoms with Crippen LogP contribution in [-0.4, -0.2) is 82.9 Å². The maximum atomic E-state index is 10.7. The number of aliphatic hydroxyl groups is 1. The molecule has 2 N–H and O–H groups in total. The third kappa shape index (κ3) is 4.88. The molecule has 1 aromatic carbocycles. The fourth-order valence-corrected chi connectivity index (χ4v) is 3.06. The number of carboxylic acid groups (broad SMARTS) is 1. The Balaban J connectivity index is 1.47. The largest absolute Gasteiger partial charge is 0.490 e. The van der Waals surface area contributed by atoms with Gasteiger partial charge in [-0.15, -0.1) is 0 Å². The molecule has 1 aliphatic rings. The number of rotatable bonds is 7. The molecule has 134 valence electrons. The summed E-state index contributed by atoms with van der Waals surface area (Å²) >= 11 is 0. The van der Waals surface area contributed by atoms with Crippen LogP contribution in [0.3, 0.4) is 0 Å². The first-order valence-electron chi connectivity index (χ1n) is 8.43. The first-order chi connectivity index (χ1) is 12.1. The van der Waals surface area contributed by atoms with E-state index >= 15 is 0 Å². The molecule has 7 heteroatoms. The van der Waals surface area contributed by atoms with Crippen LogP contribution in [0.1, 0.15) is 0 Å². The van der Waals surface area contributed by atoms with Gasteiger partial charge in [0, 0.05) is 44.3 Å². The van der Waals surface area contributed by atoms with Crippen LogP contribution in [0.25, 0.3) is 10.9 Å². The third-order valence-corrected chi connectivity index (χ3v) is 4.33. The molecule has 1 fully saturated rings. The number of carbonyl (C=O) groups is 1. The molecule has 1 saturated heterocycles. The highest BCUT2D eigenvalue weighted by atomic mass is 16.5. The number of fused-ring (bicyclic) bond motifs is 1. The lowest BCUT2D eigenvalue weighted by Gasteiger charge is -2.34. The highest BCUT2D eigenvalue weighted by Gasteiger charge is 2.20. The molecule has 0 amide bonds. The summed E-state index contributed by atoms with van der Waals surface area (Å²) in [5.41, 5.74) is 0.865. The lowest BCUT2D eigenvalue weighted by atomic mass is 10.2. The fourth-order valence-electron chi connectivity index (χ4n) is 3.06. The zero-order valence-corrected chi connectivity index (χ0v) is 14.0. The smallest absolute Gasteiger partial charge is 0.317 e. The number of aliphatic carboxylic acids is 1. The van der Waals surface area contributed by atoms with Gasteiger partial charge in [0.25, 0.3) is 0 Å². The van der Waals surface area contributed by atoms with Crippen molar-refractivity contribution in [2.24, 2.45) is 0 Å². The second-order valence-corrected chi connectivity index (χ2v) is 6.26. The molecule has 1 atom stereocenters. The minimum absolute atomic E-state index is 0.0780. The fraction of sp³-hybridized carbons (Fsp3) is 0.444. The molecule has 0 bridgehead atoms. The Kier molecular flexibility index (Phi) is 5.80. The van der Waals surface area contributed by atoms with E-state index < -0.39 is 12.1 Å². The third-order valence-electron chi connectivity index (χ3n) is 4.33. The number of pyridine rings is 1. The number of carboxylic acids is 1. The van der Waals surface area contributed by atoms with E-state index in [1.165, 1.54) is 0 Å². The maximum Gasteiger partial charge on any atom is 0.317 e. The predicted molar refractivity (Wildman–Crippen MR) is 93.8 cm³/mol. The number of hydrogen-bond acceptors (Lipinski definition) is 6. The highest BCUT2D eigenvalue weighted by Crippen LogP contribution is 2.23. The van der Waals surface area contributed by atoms with Crippen LogP contribution in [-0.2, 0) is 4.79 Å². The zero-order valence-electron chi connectivity index (χ0n) is 14.0. The predicted octanol–water partition coefficient (Wildman–Crippen LogP) is 0.677. The molecule has 0 spiro atoms. The summed E-state index contributed by atoms with van der Waals surface area (Å²) in [7, 11) is 0. The summed E-state index contributed by atoms with van der Waals surface area (Å²) in [5.74, 6) is -0.0811. The van der Waals surface area contributed by atoms with Gasteiger partial charge in [0.2, 0.25) is 0 Å². The number of aliphatic hydroxyl groups excluding tert-OH is 1. The van der Waals surface area contributed by atoms with Crippen molar-refractivity contribution in [3.8, 4) is 5.75 Å². The lowest BCUT2D eigenvalue weighted by Crippen LogP contribution is -2.50. The molecule has 7 nitrogen and oxygen atoms in total. The van der Waals surface area contributed by atoms with Crippen molar-refractivity contribution in [3.05, 3.63) is 36.5 Å². The van der Waals surface area contributed by atoms with Crippen LogP contribution < -0.4 is 4.74 Å². The molecule has 25 heavy (non-hydrogen) atoms. The van der Waals surface area contributed by atoms with E-state index in [1.807, 2.05) is 35.2 Å². The molecule has 2 heterocycles. The number of aromatic nitrogens is 1. The maximum absolute atomic E-state index is 10.7. The van der Waals surface area contributed by atoms with Gasteiger partial charge >= 0.3 is 5.97 Å². The topological polar surface area (TPSA) is 86.1 Å². The van der Waals surface area contributed by atoms with Crippen molar-refractivity contribution in [2.75, 3.05) is 45.9 Å². The Morgan fingerprint density at radius 3 is 2.68 bits per heavy atom. The quantitative estimate of drug-likeness (QED) is 0.763. The summed E-state index contributed by atoms with van der Waals surface area (Å²) in [6.45, 7) is 3.72. The first kappa shape index (κ1) is 17.6. The van der Waals surface area contributed by atoms with Crippen LogP contribution in [0.5, 0.6) is 5.75 Å². The van der Waals surface area contributed by atoms with Crippen LogP contribution in [0.2, 0.25) is 0 Å². The summed E-state index contributed by atoms with van der Waals surface area (Å²) in [4.78, 5) is 19.1. The van der Waals surface area contributed by atoms with Crippen molar-refractivity contribution >= 4 is 16.9 Å². The summed E-state index contributed by atoms with van der Waals surface area (Å²) < 4.78 is 5.79. The number of nitrogens with zero attached hydrogens (tertiary/aromatic N) is 3. The zero-order chi connectivity index (χ0) is 17.6. The van der Waals surface area contributed by atoms with Crippen molar-refractivity contribution in [1.82, 2.24) is 14.8 Å². The van der Waals surface area contributed by atoms with E-state index in [0.717, 1.165) is 29.7 Å². The van der Waals surface area contributed by atoms with Gasteiger partial charge in [-0.2, -0.15) is 0 Å². The Hall–Kier alpha value is -2.22. The lowest BCUT2D eigenvalue weighted by molar-refractivity contribution is -0.138. The average Bonchev–Trinajstić information content (AvgIpc) is 2.61. The highest BCUT2D eigenvalue weighted by molar-refractivity contribution is 5.84. The van der Waals surface area contributed by atoms with Gasteiger partial charge in [-0.3, -0.25) is 19.6 Å². The van der Waals surface area contributed by atoms with Gasteiger partial charge in [0.15, 0.2) is 0 Å². The van der Waals surface area contributed by atoms with Gasteiger partial charge in [0.05, 0.1) is 12.1 Å². The van der Waals surface area contributed by atoms with Crippen LogP contribution in [0, 0.1) is 0 Å². The molecule has 0 saturated carbocycles. The summed E-state index contributed by atoms with van der Waals surface area (Å²) in [6.07, 6.45) is 1.14. The first-order valence-corrected chi connectivity index (χ1v) is 8.43. The SMILES string of the molecule is O=C(O)CN1CCN(C[C@@H](O)COc2cccc3ncccc23)CC1. The van der Waals surface area contributed by atoms with Crippen LogP contribution >= 0.6 is 0 Å². The second kappa shape index (κ2) is 8.24. The summed E-state index contributed by atoms with van der Waals surface area (Å²) in [5, 5.41) is 20.0. The number of β-amino-alcohol motifs (C(OH)–C–C–N with tert-alkyl or cyclic N) is 1. The van der Waals surface area contributed by atoms with Gasteiger partial charge in [-0.25, -0.2) is 0 Å². The minimum atomic E-state index is -0.800. The van der Waals surface area contributed by atoms with Gasteiger partial charge < -0.3 is 14.9 Å². The average molecular weight is 345 g/mol. The number of benzene rings is 1. The van der Waals surface area contributed by atoms with E-state index in [1.54, 1.807) is 6.20 Å². The van der Waals surface area contributed by atoms with E-state index in [9.17, 15) is 9.90 Å². The van der Waals surface area contributed by atoms with Crippen molar-refractivity contribution in [1.29, 1.82) is 0 Å². The Labute approximate surface area is 146 Å². The van der Waals surface area contributed by atoms with E-state index in [0.29, 0.717) is 19.6 Å². The normalized spacial score (nSPS) is 17.5. The molecule has 2 aromatic rings. The molecule has 3 rings (SSSR count). The standard InChI is InChI=1S/C18H23N3O4/c22-14(11-20-7-9-21(10-8-20)12-18(23)24)13-25-17-5-1-4-16-15(17)3-2-6-19-16/h1-6,14,22H,7-13H2,(H,23,24)/t14-/m1/s1. The van der Waals surface area contributed by atoms with Crippen molar-refractivity contribution < 1.29 is 19.7 Å². The number of hydrogen-bond donors (Lipinski definition) is 2. The van der Waals surface area contributed by atoms with Crippen LogP contribution in [0.15, 0.2) is 36.5 Å². The molecular formula is C18H23N3O4. The molecule has 1 aromatic heterocycles. The molecule has 0 radical (unpaired) electrons. The van der Waals surface area contributed by atoms with E-state index in [4.69, 9.17) is 9.84 Å². The number of ether oxygens (including phenoxy) is 1. The Morgan fingerprint density at radius 2 is 1.92 bits per heavy atom. The Bertz CT molecular complexity index is 711. The van der Waals surface area contributed by atoms with E-state index in [-0.39, 0.29) is 13.2 Å². The van der Waals surface area contributed by atoms with Crippen molar-refractivity contribution in [2.45, 2.75) is 6.10 Å². The molecule has 0 aliphatic carbocycles. The van der Waals surface area contributed by atoms with Crippen LogP contribution in [0.4, 0.5) is 0 Å². The van der Waals surface area contributed by atoms with Crippen molar-refractivity contribution in [3.63, 3.8) is 0 Å². The molecule has 1 aliphatic heterocycles. The molecular weight excluding hydrogens is 322 g/mol.